The van der Waals surface area contributed by atoms with E-state index in [0.29, 0.717) is 11.3 Å². The van der Waals surface area contributed by atoms with Crippen molar-refractivity contribution in [3.8, 4) is 0 Å². The van der Waals surface area contributed by atoms with Crippen molar-refractivity contribution in [1.82, 2.24) is 0 Å². The molecule has 0 aliphatic carbocycles. The van der Waals surface area contributed by atoms with Gasteiger partial charge in [-0.1, -0.05) is 31.9 Å². The van der Waals surface area contributed by atoms with Crippen molar-refractivity contribution in [1.29, 1.82) is 0 Å². The molecule has 15 heavy (non-hydrogen) atoms. The molecule has 0 saturated carbocycles. The van der Waals surface area contributed by atoms with E-state index in [1.165, 1.54) is 12.8 Å². The molecule has 0 fully saturated rings. The summed E-state index contributed by atoms with van der Waals surface area (Å²) in [6.07, 6.45) is 3.41. The molecule has 0 unspecified atom stereocenters. The third kappa shape index (κ3) is 3.62. The number of aromatic carboxylic acids is 1. The Hall–Kier alpha value is -1.51. The number of benzene rings is 1. The first-order chi connectivity index (χ1) is 7.25. The molecular formula is C12H17NO2. The Morgan fingerprint density at radius 1 is 1.33 bits per heavy atom. The van der Waals surface area contributed by atoms with E-state index in [2.05, 4.69) is 12.2 Å². The van der Waals surface area contributed by atoms with E-state index < -0.39 is 5.97 Å². The predicted octanol–water partition coefficient (Wildman–Crippen LogP) is 2.99. The highest BCUT2D eigenvalue weighted by Gasteiger charge is 2.07. The van der Waals surface area contributed by atoms with Crippen LogP contribution in [0.3, 0.4) is 0 Å². The second-order valence-electron chi connectivity index (χ2n) is 3.48. The molecule has 0 spiro atoms. The number of nitrogens with one attached hydrogen (secondary N) is 1. The van der Waals surface area contributed by atoms with Gasteiger partial charge in [0, 0.05) is 12.2 Å². The highest BCUT2D eigenvalue weighted by atomic mass is 16.4. The Bertz CT molecular complexity index is 323. The Kier molecular flexibility index (Phi) is 4.68. The van der Waals surface area contributed by atoms with Gasteiger partial charge in [-0.15, -0.1) is 0 Å². The number of carbonyl (C=O) groups is 1. The fraction of sp³-hybridized carbons (Fsp3) is 0.417. The van der Waals surface area contributed by atoms with E-state index in [1.54, 1.807) is 18.2 Å². The summed E-state index contributed by atoms with van der Waals surface area (Å²) in [7, 11) is 0. The topological polar surface area (TPSA) is 49.3 Å². The number of para-hydroxylation sites is 1. The lowest BCUT2D eigenvalue weighted by Crippen LogP contribution is -2.07. The molecule has 2 N–H and O–H groups in total. The fourth-order valence-corrected chi connectivity index (χ4v) is 1.42. The van der Waals surface area contributed by atoms with Gasteiger partial charge in [-0.3, -0.25) is 0 Å². The van der Waals surface area contributed by atoms with E-state index in [1.807, 2.05) is 6.07 Å². The monoisotopic (exact) mass is 207 g/mol. The minimum Gasteiger partial charge on any atom is -0.478 e. The lowest BCUT2D eigenvalue weighted by atomic mass is 10.1. The first-order valence-corrected chi connectivity index (χ1v) is 5.32. The number of unbranched alkanes of at least 4 members (excludes halogenated alkanes) is 2. The SMILES string of the molecule is CCCCCNc1ccccc1C(=O)O. The molecule has 0 aromatic heterocycles. The molecule has 1 aromatic rings. The second kappa shape index (κ2) is 6.06. The van der Waals surface area contributed by atoms with Crippen LogP contribution in [0.15, 0.2) is 24.3 Å². The van der Waals surface area contributed by atoms with Crippen molar-refractivity contribution in [2.75, 3.05) is 11.9 Å². The van der Waals surface area contributed by atoms with Crippen LogP contribution in [-0.2, 0) is 0 Å². The standard InChI is InChI=1S/C12H17NO2/c1-2-3-6-9-13-11-8-5-4-7-10(11)12(14)15/h4-5,7-8,13H,2-3,6,9H2,1H3,(H,14,15). The summed E-state index contributed by atoms with van der Waals surface area (Å²) >= 11 is 0. The zero-order chi connectivity index (χ0) is 11.1. The Balaban J connectivity index is 2.56. The minimum atomic E-state index is -0.881. The van der Waals surface area contributed by atoms with Crippen molar-refractivity contribution < 1.29 is 9.90 Å². The van der Waals surface area contributed by atoms with Crippen molar-refractivity contribution in [2.45, 2.75) is 26.2 Å². The molecule has 3 heteroatoms. The van der Waals surface area contributed by atoms with Gasteiger partial charge in [0.25, 0.3) is 0 Å². The Morgan fingerprint density at radius 2 is 2.07 bits per heavy atom. The summed E-state index contributed by atoms with van der Waals surface area (Å²) in [5.41, 5.74) is 1.05. The summed E-state index contributed by atoms with van der Waals surface area (Å²) in [5, 5.41) is 12.1. The van der Waals surface area contributed by atoms with Crippen LogP contribution in [0.5, 0.6) is 0 Å². The van der Waals surface area contributed by atoms with Crippen LogP contribution in [0, 0.1) is 0 Å². The predicted molar refractivity (Wildman–Crippen MR) is 61.4 cm³/mol. The summed E-state index contributed by atoms with van der Waals surface area (Å²) in [5.74, 6) is -0.881. The van der Waals surface area contributed by atoms with Crippen molar-refractivity contribution >= 4 is 11.7 Å². The molecule has 0 heterocycles. The van der Waals surface area contributed by atoms with Crippen LogP contribution in [0.4, 0.5) is 5.69 Å². The molecule has 0 aliphatic heterocycles. The molecule has 0 bridgehead atoms. The van der Waals surface area contributed by atoms with Crippen LogP contribution >= 0.6 is 0 Å². The zero-order valence-electron chi connectivity index (χ0n) is 8.99. The summed E-state index contributed by atoms with van der Waals surface area (Å²) in [4.78, 5) is 10.9. The quantitative estimate of drug-likeness (QED) is 0.705. The van der Waals surface area contributed by atoms with Gasteiger partial charge in [0.2, 0.25) is 0 Å². The van der Waals surface area contributed by atoms with Crippen molar-refractivity contribution in [2.24, 2.45) is 0 Å². The summed E-state index contributed by atoms with van der Waals surface area (Å²) in [6.45, 7) is 2.98. The molecule has 82 valence electrons. The van der Waals surface area contributed by atoms with Gasteiger partial charge in [-0.2, -0.15) is 0 Å². The molecule has 1 rings (SSSR count). The molecule has 0 amide bonds. The van der Waals surface area contributed by atoms with Crippen LogP contribution in [0.2, 0.25) is 0 Å². The van der Waals surface area contributed by atoms with Gasteiger partial charge in [0.1, 0.15) is 0 Å². The maximum absolute atomic E-state index is 10.9. The van der Waals surface area contributed by atoms with Crippen LogP contribution in [-0.4, -0.2) is 17.6 Å². The van der Waals surface area contributed by atoms with Gasteiger partial charge < -0.3 is 10.4 Å². The lowest BCUT2D eigenvalue weighted by Gasteiger charge is -2.08. The normalized spacial score (nSPS) is 9.93. The number of carboxylic acids is 1. The van der Waals surface area contributed by atoms with Crippen LogP contribution in [0.25, 0.3) is 0 Å². The Labute approximate surface area is 90.1 Å². The van der Waals surface area contributed by atoms with Gasteiger partial charge in [-0.25, -0.2) is 4.79 Å². The van der Waals surface area contributed by atoms with E-state index in [0.717, 1.165) is 13.0 Å². The number of anilines is 1. The highest BCUT2D eigenvalue weighted by molar-refractivity contribution is 5.94. The maximum Gasteiger partial charge on any atom is 0.337 e. The van der Waals surface area contributed by atoms with E-state index in [-0.39, 0.29) is 0 Å². The van der Waals surface area contributed by atoms with Crippen molar-refractivity contribution in [3.63, 3.8) is 0 Å². The maximum atomic E-state index is 10.9. The smallest absolute Gasteiger partial charge is 0.337 e. The third-order valence-corrected chi connectivity index (χ3v) is 2.25. The second-order valence-corrected chi connectivity index (χ2v) is 3.48. The van der Waals surface area contributed by atoms with E-state index in [9.17, 15) is 4.79 Å². The van der Waals surface area contributed by atoms with Gasteiger partial charge in [-0.05, 0) is 18.6 Å². The van der Waals surface area contributed by atoms with Gasteiger partial charge in [0.15, 0.2) is 0 Å². The molecule has 1 aromatic carbocycles. The van der Waals surface area contributed by atoms with Gasteiger partial charge in [0.05, 0.1) is 5.56 Å². The zero-order valence-corrected chi connectivity index (χ0v) is 8.99. The first kappa shape index (κ1) is 11.6. The Morgan fingerprint density at radius 3 is 2.73 bits per heavy atom. The summed E-state index contributed by atoms with van der Waals surface area (Å²) in [6, 6.07) is 7.00. The average Bonchev–Trinajstić information content (AvgIpc) is 2.25. The molecular weight excluding hydrogens is 190 g/mol. The third-order valence-electron chi connectivity index (χ3n) is 2.25. The largest absolute Gasteiger partial charge is 0.478 e. The molecule has 0 aliphatic rings. The number of rotatable bonds is 6. The van der Waals surface area contributed by atoms with Crippen LogP contribution in [0.1, 0.15) is 36.5 Å². The van der Waals surface area contributed by atoms with E-state index >= 15 is 0 Å². The molecule has 0 saturated heterocycles. The van der Waals surface area contributed by atoms with Gasteiger partial charge >= 0.3 is 5.97 Å². The minimum absolute atomic E-state index is 0.342. The fourth-order valence-electron chi connectivity index (χ4n) is 1.42. The van der Waals surface area contributed by atoms with E-state index in [4.69, 9.17) is 5.11 Å². The molecule has 0 atom stereocenters. The lowest BCUT2D eigenvalue weighted by molar-refractivity contribution is 0.0698. The van der Waals surface area contributed by atoms with Crippen molar-refractivity contribution in [3.05, 3.63) is 29.8 Å². The molecule has 0 radical (unpaired) electrons. The number of hydrogen-bond donors (Lipinski definition) is 2. The first-order valence-electron chi connectivity index (χ1n) is 5.32. The van der Waals surface area contributed by atoms with Crippen LogP contribution < -0.4 is 5.32 Å². The number of hydrogen-bond acceptors (Lipinski definition) is 2. The highest BCUT2D eigenvalue weighted by Crippen LogP contribution is 2.14. The average molecular weight is 207 g/mol. The molecule has 3 nitrogen and oxygen atoms in total. The number of carboxylic acid groups (broad SMARTS) is 1. The summed E-state index contributed by atoms with van der Waals surface area (Å²) < 4.78 is 0.